The minimum Gasteiger partial charge on any atom is -0.481 e. The molecule has 0 aromatic heterocycles. The summed E-state index contributed by atoms with van der Waals surface area (Å²) in [5, 5.41) is 12.1. The number of carbonyl (C=O) groups is 2. The lowest BCUT2D eigenvalue weighted by Gasteiger charge is -2.30. The summed E-state index contributed by atoms with van der Waals surface area (Å²) in [6, 6.07) is 6.18. The summed E-state index contributed by atoms with van der Waals surface area (Å²) < 4.78 is 13.1. The molecule has 3 rings (SSSR count). The summed E-state index contributed by atoms with van der Waals surface area (Å²) >= 11 is 0. The first kappa shape index (κ1) is 17.7. The molecule has 0 aliphatic heterocycles. The van der Waals surface area contributed by atoms with Crippen LogP contribution in [0.15, 0.2) is 24.3 Å². The van der Waals surface area contributed by atoms with E-state index >= 15 is 0 Å². The van der Waals surface area contributed by atoms with Gasteiger partial charge in [0, 0.05) is 19.1 Å². The number of carboxylic acids is 1. The highest BCUT2D eigenvalue weighted by atomic mass is 19.1. The van der Waals surface area contributed by atoms with Crippen molar-refractivity contribution in [2.45, 2.75) is 51.1 Å². The van der Waals surface area contributed by atoms with Crippen LogP contribution >= 0.6 is 0 Å². The Hall–Kier alpha value is -2.11. The van der Waals surface area contributed by atoms with Gasteiger partial charge in [0.2, 0.25) is 0 Å². The van der Waals surface area contributed by atoms with Crippen molar-refractivity contribution >= 4 is 12.0 Å². The average Bonchev–Trinajstić information content (AvgIpc) is 3.41. The summed E-state index contributed by atoms with van der Waals surface area (Å²) in [5.41, 5.74) is 0.909. The molecule has 0 radical (unpaired) electrons. The largest absolute Gasteiger partial charge is 0.481 e. The normalized spacial score (nSPS) is 23.1. The Morgan fingerprint density at radius 1 is 1.08 bits per heavy atom. The number of hydrogen-bond acceptors (Lipinski definition) is 2. The van der Waals surface area contributed by atoms with Gasteiger partial charge in [0.15, 0.2) is 0 Å². The van der Waals surface area contributed by atoms with Crippen molar-refractivity contribution in [2.75, 3.05) is 6.54 Å². The number of urea groups is 1. The van der Waals surface area contributed by atoms with Crippen molar-refractivity contribution in [3.05, 3.63) is 35.6 Å². The van der Waals surface area contributed by atoms with Crippen LogP contribution in [0.3, 0.4) is 0 Å². The van der Waals surface area contributed by atoms with E-state index in [1.165, 1.54) is 12.1 Å². The molecular weight excluding hydrogens is 323 g/mol. The van der Waals surface area contributed by atoms with Gasteiger partial charge in [-0.15, -0.1) is 0 Å². The molecule has 2 fully saturated rings. The van der Waals surface area contributed by atoms with Gasteiger partial charge in [0.1, 0.15) is 5.82 Å². The summed E-state index contributed by atoms with van der Waals surface area (Å²) in [6.07, 6.45) is 4.93. The number of carboxylic acid groups (broad SMARTS) is 1. The van der Waals surface area contributed by atoms with Gasteiger partial charge >= 0.3 is 12.0 Å². The highest BCUT2D eigenvalue weighted by Gasteiger charge is 2.30. The molecule has 2 N–H and O–H groups in total. The maximum Gasteiger partial charge on any atom is 0.317 e. The second-order valence-corrected chi connectivity index (χ2v) is 7.29. The molecule has 0 spiro atoms. The van der Waals surface area contributed by atoms with E-state index < -0.39 is 5.97 Å². The number of rotatable bonds is 6. The third-order valence-corrected chi connectivity index (χ3v) is 5.15. The van der Waals surface area contributed by atoms with Gasteiger partial charge in [-0.05, 0) is 62.1 Å². The Kier molecular flexibility index (Phi) is 5.56. The van der Waals surface area contributed by atoms with Crippen LogP contribution in [-0.2, 0) is 11.3 Å². The first-order chi connectivity index (χ1) is 12.0. The van der Waals surface area contributed by atoms with Crippen LogP contribution in [0.4, 0.5) is 9.18 Å². The number of halogens is 1. The Morgan fingerprint density at radius 2 is 1.72 bits per heavy atom. The van der Waals surface area contributed by atoms with Crippen LogP contribution in [0, 0.1) is 17.7 Å². The molecule has 136 valence electrons. The molecule has 0 unspecified atom stereocenters. The highest BCUT2D eigenvalue weighted by Crippen LogP contribution is 2.30. The Bertz CT molecular complexity index is 608. The molecule has 2 aliphatic carbocycles. The third kappa shape index (κ3) is 5.18. The summed E-state index contributed by atoms with van der Waals surface area (Å²) in [7, 11) is 0. The smallest absolute Gasteiger partial charge is 0.317 e. The summed E-state index contributed by atoms with van der Waals surface area (Å²) in [4.78, 5) is 25.5. The molecule has 1 aromatic carbocycles. The molecular formula is C19H25FN2O3. The molecule has 0 heterocycles. The molecule has 0 bridgehead atoms. The van der Waals surface area contributed by atoms with E-state index in [1.54, 1.807) is 17.0 Å². The van der Waals surface area contributed by atoms with E-state index in [1.807, 2.05) is 0 Å². The third-order valence-electron chi connectivity index (χ3n) is 5.15. The van der Waals surface area contributed by atoms with Crippen molar-refractivity contribution in [1.29, 1.82) is 0 Å². The number of benzene rings is 1. The zero-order valence-corrected chi connectivity index (χ0v) is 14.3. The lowest BCUT2D eigenvalue weighted by molar-refractivity contribution is -0.142. The quantitative estimate of drug-likeness (QED) is 0.828. The number of nitrogens with one attached hydrogen (secondary N) is 1. The monoisotopic (exact) mass is 348 g/mol. The fraction of sp³-hybridized carbons (Fsp3) is 0.579. The lowest BCUT2D eigenvalue weighted by atomic mass is 9.86. The van der Waals surface area contributed by atoms with Crippen LogP contribution in [0.1, 0.15) is 44.1 Å². The first-order valence-corrected chi connectivity index (χ1v) is 9.04. The zero-order valence-electron chi connectivity index (χ0n) is 14.3. The summed E-state index contributed by atoms with van der Waals surface area (Å²) in [5.74, 6) is -0.738. The maximum absolute atomic E-state index is 13.1. The number of carbonyl (C=O) groups excluding carboxylic acids is 1. The average molecular weight is 348 g/mol. The van der Waals surface area contributed by atoms with Crippen LogP contribution in [-0.4, -0.2) is 34.6 Å². The second-order valence-electron chi connectivity index (χ2n) is 7.29. The molecule has 25 heavy (non-hydrogen) atoms. The van der Waals surface area contributed by atoms with E-state index in [2.05, 4.69) is 5.32 Å². The van der Waals surface area contributed by atoms with Gasteiger partial charge in [-0.25, -0.2) is 9.18 Å². The molecule has 1 aromatic rings. The van der Waals surface area contributed by atoms with Gasteiger partial charge < -0.3 is 15.3 Å². The van der Waals surface area contributed by atoms with Crippen LogP contribution in [0.5, 0.6) is 0 Å². The molecule has 2 saturated carbocycles. The van der Waals surface area contributed by atoms with Gasteiger partial charge in [-0.2, -0.15) is 0 Å². The van der Waals surface area contributed by atoms with E-state index in [0.717, 1.165) is 18.4 Å². The van der Waals surface area contributed by atoms with Gasteiger partial charge in [-0.3, -0.25) is 4.79 Å². The molecule has 2 amide bonds. The van der Waals surface area contributed by atoms with Crippen LogP contribution in [0.2, 0.25) is 0 Å². The lowest BCUT2D eigenvalue weighted by Crippen LogP contribution is -2.46. The fourth-order valence-corrected chi connectivity index (χ4v) is 3.39. The minimum absolute atomic E-state index is 0.0398. The van der Waals surface area contributed by atoms with Crippen LogP contribution in [0.25, 0.3) is 0 Å². The van der Waals surface area contributed by atoms with Crippen LogP contribution < -0.4 is 5.32 Å². The van der Waals surface area contributed by atoms with Crippen molar-refractivity contribution in [3.63, 3.8) is 0 Å². The van der Waals surface area contributed by atoms with Crippen molar-refractivity contribution in [3.8, 4) is 0 Å². The number of amides is 2. The van der Waals surface area contributed by atoms with Crippen molar-refractivity contribution in [2.24, 2.45) is 11.8 Å². The zero-order chi connectivity index (χ0) is 17.8. The number of nitrogens with zero attached hydrogens (tertiary/aromatic N) is 1. The number of aliphatic carboxylic acids is 1. The maximum atomic E-state index is 13.1. The van der Waals surface area contributed by atoms with E-state index in [-0.39, 0.29) is 23.8 Å². The Balaban J connectivity index is 1.55. The van der Waals surface area contributed by atoms with Gasteiger partial charge in [-0.1, -0.05) is 12.1 Å². The molecule has 5 nitrogen and oxygen atoms in total. The topological polar surface area (TPSA) is 69.6 Å². The highest BCUT2D eigenvalue weighted by molar-refractivity contribution is 5.75. The Labute approximate surface area is 147 Å². The summed E-state index contributed by atoms with van der Waals surface area (Å²) in [6.45, 7) is 1.18. The SMILES string of the molecule is O=C(O)C1CCC(NC(=O)N(Cc2ccc(F)cc2)CC2CC2)CC1. The number of hydrogen-bond donors (Lipinski definition) is 2. The molecule has 0 atom stereocenters. The van der Waals surface area contributed by atoms with Gasteiger partial charge in [0.05, 0.1) is 5.92 Å². The first-order valence-electron chi connectivity index (χ1n) is 9.04. The second kappa shape index (κ2) is 7.85. The molecule has 0 saturated heterocycles. The van der Waals surface area contributed by atoms with E-state index in [4.69, 9.17) is 5.11 Å². The standard InChI is InChI=1S/C19H25FN2O3/c20-16-7-3-14(4-8-16)12-22(11-13-1-2-13)19(25)21-17-9-5-15(6-10-17)18(23)24/h3-4,7-8,13,15,17H,1-2,5-6,9-12H2,(H,21,25)(H,23,24). The minimum atomic E-state index is -0.739. The van der Waals surface area contributed by atoms with Crippen molar-refractivity contribution in [1.82, 2.24) is 10.2 Å². The van der Waals surface area contributed by atoms with Gasteiger partial charge in [0.25, 0.3) is 0 Å². The Morgan fingerprint density at radius 3 is 2.28 bits per heavy atom. The van der Waals surface area contributed by atoms with Crippen molar-refractivity contribution < 1.29 is 19.1 Å². The van der Waals surface area contributed by atoms with E-state index in [0.29, 0.717) is 44.7 Å². The molecule has 6 heteroatoms. The predicted octanol–water partition coefficient (Wildman–Crippen LogP) is 3.39. The van der Waals surface area contributed by atoms with E-state index in [9.17, 15) is 14.0 Å². The predicted molar refractivity (Wildman–Crippen MR) is 91.4 cm³/mol. The fourth-order valence-electron chi connectivity index (χ4n) is 3.39. The molecule has 2 aliphatic rings.